The highest BCUT2D eigenvalue weighted by Crippen LogP contribution is 2.25. The number of aliphatic carboxylic acids is 1. The van der Waals surface area contributed by atoms with Gasteiger partial charge in [-0.05, 0) is 31.2 Å². The van der Waals surface area contributed by atoms with Crippen molar-refractivity contribution in [1.82, 2.24) is 4.90 Å². The van der Waals surface area contributed by atoms with Gasteiger partial charge >= 0.3 is 5.97 Å². The van der Waals surface area contributed by atoms with Crippen LogP contribution in [0.4, 0.5) is 0 Å². The topological polar surface area (TPSA) is 66.8 Å². The van der Waals surface area contributed by atoms with Gasteiger partial charge < -0.3 is 14.7 Å². The first-order valence-electron chi connectivity index (χ1n) is 6.35. The molecule has 0 spiro atoms. The van der Waals surface area contributed by atoms with Crippen LogP contribution in [0, 0.1) is 0 Å². The van der Waals surface area contributed by atoms with E-state index in [-0.39, 0.29) is 24.2 Å². The lowest BCUT2D eigenvalue weighted by molar-refractivity contribution is -0.144. The van der Waals surface area contributed by atoms with E-state index in [1.807, 2.05) is 12.1 Å². The molecule has 1 N–H and O–H groups in total. The molecule has 7 heteroatoms. The van der Waals surface area contributed by atoms with Crippen LogP contribution in [0.5, 0.6) is 0 Å². The predicted molar refractivity (Wildman–Crippen MR) is 82.9 cm³/mol. The Labute approximate surface area is 133 Å². The van der Waals surface area contributed by atoms with Crippen molar-refractivity contribution in [3.8, 4) is 0 Å². The number of methoxy groups -OCH3 is 1. The van der Waals surface area contributed by atoms with Crippen molar-refractivity contribution in [3.63, 3.8) is 0 Å². The highest BCUT2D eigenvalue weighted by atomic mass is 35.5. The molecule has 0 saturated carbocycles. The van der Waals surface area contributed by atoms with Crippen LogP contribution in [0.3, 0.4) is 0 Å². The molecule has 116 valence electrons. The monoisotopic (exact) mass is 331 g/mol. The summed E-state index contributed by atoms with van der Waals surface area (Å²) in [5.74, 6) is -1.27. The summed E-state index contributed by atoms with van der Waals surface area (Å²) in [5.41, 5.74) is 0. The van der Waals surface area contributed by atoms with E-state index >= 15 is 0 Å². The Morgan fingerprint density at radius 2 is 2.00 bits per heavy atom. The van der Waals surface area contributed by atoms with Gasteiger partial charge in [-0.2, -0.15) is 0 Å². The van der Waals surface area contributed by atoms with Crippen molar-refractivity contribution in [3.05, 3.63) is 29.3 Å². The normalized spacial score (nSPS) is 12.0. The van der Waals surface area contributed by atoms with Gasteiger partial charge in [0, 0.05) is 23.6 Å². The summed E-state index contributed by atoms with van der Waals surface area (Å²) in [5, 5.41) is 9.12. The third-order valence-corrected chi connectivity index (χ3v) is 4.03. The van der Waals surface area contributed by atoms with E-state index < -0.39 is 5.97 Å². The number of benzene rings is 1. The predicted octanol–water partition coefficient (Wildman–Crippen LogP) is 2.38. The van der Waals surface area contributed by atoms with Gasteiger partial charge in [-0.25, -0.2) is 0 Å². The van der Waals surface area contributed by atoms with E-state index in [0.29, 0.717) is 11.6 Å². The Kier molecular flexibility index (Phi) is 7.56. The molecule has 0 aliphatic heterocycles. The maximum Gasteiger partial charge on any atom is 0.323 e. The fraction of sp³-hybridized carbons (Fsp3) is 0.429. The fourth-order valence-electron chi connectivity index (χ4n) is 1.66. The lowest BCUT2D eigenvalue weighted by Crippen LogP contribution is -2.41. The second kappa shape index (κ2) is 8.92. The fourth-order valence-corrected chi connectivity index (χ4v) is 2.73. The van der Waals surface area contributed by atoms with E-state index in [0.717, 1.165) is 4.90 Å². The van der Waals surface area contributed by atoms with Gasteiger partial charge in [0.15, 0.2) is 0 Å². The Bertz CT molecular complexity index is 480. The molecule has 1 amide bonds. The minimum atomic E-state index is -1.04. The van der Waals surface area contributed by atoms with E-state index in [4.69, 9.17) is 21.4 Å². The van der Waals surface area contributed by atoms with Crippen LogP contribution >= 0.6 is 23.4 Å². The molecule has 0 bridgehead atoms. The van der Waals surface area contributed by atoms with Crippen LogP contribution in [0.15, 0.2) is 29.2 Å². The number of ether oxygens (including phenoxy) is 1. The molecule has 1 aromatic rings. The van der Waals surface area contributed by atoms with Crippen molar-refractivity contribution >= 4 is 35.2 Å². The van der Waals surface area contributed by atoms with E-state index in [2.05, 4.69) is 0 Å². The van der Waals surface area contributed by atoms with Gasteiger partial charge in [-0.15, -0.1) is 11.8 Å². The minimum Gasteiger partial charge on any atom is -0.480 e. The Hall–Kier alpha value is -1.24. The number of hydrogen-bond acceptors (Lipinski definition) is 4. The SMILES string of the molecule is COCCN(CC(=O)O)C(=O)C(C)Sc1ccc(Cl)cc1. The second-order valence-electron chi connectivity index (χ2n) is 4.36. The maximum atomic E-state index is 12.3. The third-order valence-electron chi connectivity index (χ3n) is 2.68. The molecule has 1 rings (SSSR count). The summed E-state index contributed by atoms with van der Waals surface area (Å²) in [6, 6.07) is 7.16. The maximum absolute atomic E-state index is 12.3. The average Bonchev–Trinajstić information content (AvgIpc) is 2.44. The Morgan fingerprint density at radius 1 is 1.38 bits per heavy atom. The van der Waals surface area contributed by atoms with Gasteiger partial charge in [0.2, 0.25) is 5.91 Å². The van der Waals surface area contributed by atoms with Gasteiger partial charge in [0.1, 0.15) is 6.54 Å². The number of rotatable bonds is 8. The van der Waals surface area contributed by atoms with Crippen LogP contribution in [0.2, 0.25) is 5.02 Å². The number of carboxylic acid groups (broad SMARTS) is 1. The zero-order valence-corrected chi connectivity index (χ0v) is 13.5. The van der Waals surface area contributed by atoms with Gasteiger partial charge in [-0.1, -0.05) is 11.6 Å². The molecule has 0 fully saturated rings. The van der Waals surface area contributed by atoms with Crippen molar-refractivity contribution in [1.29, 1.82) is 0 Å². The van der Waals surface area contributed by atoms with Crippen LogP contribution < -0.4 is 0 Å². The number of thioether (sulfide) groups is 1. The molecule has 0 radical (unpaired) electrons. The van der Waals surface area contributed by atoms with Gasteiger partial charge in [0.05, 0.1) is 11.9 Å². The van der Waals surface area contributed by atoms with Gasteiger partial charge in [-0.3, -0.25) is 9.59 Å². The summed E-state index contributed by atoms with van der Waals surface area (Å²) in [6.45, 7) is 1.99. The molecule has 5 nitrogen and oxygen atoms in total. The zero-order valence-electron chi connectivity index (χ0n) is 11.9. The highest BCUT2D eigenvalue weighted by molar-refractivity contribution is 8.00. The van der Waals surface area contributed by atoms with Crippen molar-refractivity contribution in [2.24, 2.45) is 0 Å². The van der Waals surface area contributed by atoms with Crippen LogP contribution in [-0.4, -0.2) is 53.9 Å². The summed E-state index contributed by atoms with van der Waals surface area (Å²) in [7, 11) is 1.51. The number of halogens is 1. The molecular formula is C14H18ClNO4S. The molecule has 0 aliphatic rings. The molecule has 1 unspecified atom stereocenters. The molecular weight excluding hydrogens is 314 g/mol. The first-order chi connectivity index (χ1) is 9.93. The number of nitrogens with zero attached hydrogens (tertiary/aromatic N) is 1. The number of amides is 1. The molecule has 21 heavy (non-hydrogen) atoms. The largest absolute Gasteiger partial charge is 0.480 e. The number of hydrogen-bond donors (Lipinski definition) is 1. The van der Waals surface area contributed by atoms with Crippen molar-refractivity contribution in [2.75, 3.05) is 26.8 Å². The molecule has 0 aliphatic carbocycles. The number of carboxylic acids is 1. The van der Waals surface area contributed by atoms with E-state index in [1.54, 1.807) is 19.1 Å². The lowest BCUT2D eigenvalue weighted by atomic mass is 10.3. The molecule has 0 saturated heterocycles. The van der Waals surface area contributed by atoms with E-state index in [9.17, 15) is 9.59 Å². The number of carbonyl (C=O) groups is 2. The van der Waals surface area contributed by atoms with Crippen LogP contribution in [0.25, 0.3) is 0 Å². The first kappa shape index (κ1) is 17.8. The second-order valence-corrected chi connectivity index (χ2v) is 6.21. The first-order valence-corrected chi connectivity index (χ1v) is 7.61. The van der Waals surface area contributed by atoms with Crippen molar-refractivity contribution < 1.29 is 19.4 Å². The Morgan fingerprint density at radius 3 is 2.52 bits per heavy atom. The minimum absolute atomic E-state index is 0.227. The standard InChI is InChI=1S/C14H18ClNO4S/c1-10(21-12-5-3-11(15)4-6-12)14(19)16(7-8-20-2)9-13(17)18/h3-6,10H,7-9H2,1-2H3,(H,17,18). The smallest absolute Gasteiger partial charge is 0.323 e. The molecule has 0 aromatic heterocycles. The van der Waals surface area contributed by atoms with Gasteiger partial charge in [0.25, 0.3) is 0 Å². The number of carbonyl (C=O) groups excluding carboxylic acids is 1. The summed E-state index contributed by atoms with van der Waals surface area (Å²) < 4.78 is 4.91. The molecule has 1 aromatic carbocycles. The quantitative estimate of drug-likeness (QED) is 0.741. The lowest BCUT2D eigenvalue weighted by Gasteiger charge is -2.23. The third kappa shape index (κ3) is 6.37. The van der Waals surface area contributed by atoms with Crippen LogP contribution in [-0.2, 0) is 14.3 Å². The molecule has 1 atom stereocenters. The summed E-state index contributed by atoms with van der Waals surface area (Å²) >= 11 is 7.18. The van der Waals surface area contributed by atoms with Crippen molar-refractivity contribution in [2.45, 2.75) is 17.1 Å². The summed E-state index contributed by atoms with van der Waals surface area (Å²) in [6.07, 6.45) is 0. The zero-order chi connectivity index (χ0) is 15.8. The Balaban J connectivity index is 2.67. The highest BCUT2D eigenvalue weighted by Gasteiger charge is 2.23. The average molecular weight is 332 g/mol. The van der Waals surface area contributed by atoms with Crippen LogP contribution in [0.1, 0.15) is 6.92 Å². The van der Waals surface area contributed by atoms with E-state index in [1.165, 1.54) is 23.8 Å². The summed E-state index contributed by atoms with van der Waals surface area (Å²) in [4.78, 5) is 25.4. The molecule has 0 heterocycles.